The van der Waals surface area contributed by atoms with E-state index in [1.165, 1.54) is 0 Å². The fraction of sp³-hybridized carbons (Fsp3) is 0.353. The minimum Gasteiger partial charge on any atom is -0.497 e. The Morgan fingerprint density at radius 3 is 2.56 bits per heavy atom. The van der Waals surface area contributed by atoms with Crippen LogP contribution in [0.25, 0.3) is 11.3 Å². The van der Waals surface area contributed by atoms with E-state index in [0.717, 1.165) is 11.3 Å². The zero-order valence-electron chi connectivity index (χ0n) is 13.9. The third-order valence-corrected chi connectivity index (χ3v) is 4.84. The van der Waals surface area contributed by atoms with Crippen LogP contribution in [0.4, 0.5) is 5.82 Å². The van der Waals surface area contributed by atoms with Gasteiger partial charge in [-0.1, -0.05) is 37.0 Å². The van der Waals surface area contributed by atoms with Crippen LogP contribution in [0.15, 0.2) is 39.5 Å². The van der Waals surface area contributed by atoms with E-state index in [1.54, 1.807) is 25.3 Å². The van der Waals surface area contributed by atoms with Crippen molar-refractivity contribution in [1.29, 1.82) is 0 Å². The van der Waals surface area contributed by atoms with Gasteiger partial charge in [-0.15, -0.1) is 0 Å². The number of nitrogens with zero attached hydrogens (tertiary/aromatic N) is 2. The van der Waals surface area contributed by atoms with Crippen molar-refractivity contribution in [3.05, 3.63) is 34.8 Å². The molecule has 0 spiro atoms. The number of ether oxygens (including phenoxy) is 1. The average Bonchev–Trinajstić information content (AvgIpc) is 2.90. The highest BCUT2D eigenvalue weighted by Gasteiger charge is 2.60. The molecular weight excluding hydrogens is 365 g/mol. The molecule has 0 aliphatic heterocycles. The van der Waals surface area contributed by atoms with Crippen molar-refractivity contribution < 1.29 is 14.2 Å². The molecule has 3 rings (SSSR count). The van der Waals surface area contributed by atoms with Gasteiger partial charge in [-0.3, -0.25) is 4.79 Å². The molecule has 1 amide bonds. The monoisotopic (exact) mass is 381 g/mol. The predicted molar refractivity (Wildman–Crippen MR) is 95.5 cm³/mol. The van der Waals surface area contributed by atoms with E-state index in [-0.39, 0.29) is 33.5 Å². The highest BCUT2D eigenvalue weighted by molar-refractivity contribution is 6.55. The van der Waals surface area contributed by atoms with E-state index in [4.69, 9.17) is 32.6 Å². The minimum absolute atomic E-state index is 0.0261. The molecule has 1 aliphatic carbocycles. The second kappa shape index (κ2) is 6.69. The first-order valence-corrected chi connectivity index (χ1v) is 8.41. The number of rotatable bonds is 5. The van der Waals surface area contributed by atoms with Crippen LogP contribution in [0, 0.1) is 17.3 Å². The summed E-state index contributed by atoms with van der Waals surface area (Å²) < 4.78 is 10.1. The van der Waals surface area contributed by atoms with Gasteiger partial charge in [0.15, 0.2) is 5.69 Å². The van der Waals surface area contributed by atoms with Gasteiger partial charge in [0.25, 0.3) is 0 Å². The van der Waals surface area contributed by atoms with E-state index in [2.05, 4.69) is 15.6 Å². The number of nitrogens with one attached hydrogen (secondary N) is 1. The predicted octanol–water partition coefficient (Wildman–Crippen LogP) is 4.27. The Bertz CT molecular complexity index is 811. The summed E-state index contributed by atoms with van der Waals surface area (Å²) in [7, 11) is 1.59. The topological polar surface area (TPSA) is 77.2 Å². The molecule has 2 atom stereocenters. The normalized spacial score (nSPS) is 20.7. The number of anilines is 1. The first-order chi connectivity index (χ1) is 11.8. The van der Waals surface area contributed by atoms with E-state index >= 15 is 0 Å². The largest absolute Gasteiger partial charge is 0.497 e. The Morgan fingerprint density at radius 1 is 1.28 bits per heavy atom. The summed E-state index contributed by atoms with van der Waals surface area (Å²) in [6.45, 7) is 3.97. The Labute approximate surface area is 155 Å². The van der Waals surface area contributed by atoms with Gasteiger partial charge in [-0.2, -0.15) is 0 Å². The van der Waals surface area contributed by atoms with E-state index in [0.29, 0.717) is 5.69 Å². The summed E-state index contributed by atoms with van der Waals surface area (Å²) >= 11 is 11.5. The van der Waals surface area contributed by atoms with Crippen LogP contribution in [-0.4, -0.2) is 23.3 Å². The summed E-state index contributed by atoms with van der Waals surface area (Å²) in [5.41, 5.74) is 0.987. The number of hydrogen-bond acceptors (Lipinski definition) is 5. The number of halogens is 2. The van der Waals surface area contributed by atoms with Crippen molar-refractivity contribution in [1.82, 2.24) is 10.3 Å². The lowest BCUT2D eigenvalue weighted by molar-refractivity contribution is -0.118. The number of carbonyl (C=O) groups is 1. The number of allylic oxidation sites excluding steroid dienone is 1. The first kappa shape index (κ1) is 17.8. The summed E-state index contributed by atoms with van der Waals surface area (Å²) in [5.74, 6) is 0.546. The molecule has 0 unspecified atom stereocenters. The number of amides is 1. The maximum absolute atomic E-state index is 12.6. The number of benzene rings is 1. The molecule has 6 nitrogen and oxygen atoms in total. The fourth-order valence-electron chi connectivity index (χ4n) is 3.03. The molecule has 1 heterocycles. The molecule has 1 aliphatic rings. The highest BCUT2D eigenvalue weighted by atomic mass is 35.5. The Morgan fingerprint density at radius 2 is 1.96 bits per heavy atom. The number of methoxy groups -OCH3 is 1. The standard InChI is InChI=1S/C17H17Cl2N3O3/c1-17(2)11(8-12(18)19)13(17)16(23)20-15-14(21-25-22-15)9-4-6-10(24-3)7-5-9/h4-8,11,13H,1-3H3,(H,20,22,23)/t11-,13-/m1/s1. The highest BCUT2D eigenvalue weighted by Crippen LogP contribution is 2.60. The average molecular weight is 382 g/mol. The van der Waals surface area contributed by atoms with Crippen molar-refractivity contribution in [2.75, 3.05) is 12.4 Å². The molecule has 1 aromatic carbocycles. The molecule has 0 bridgehead atoms. The van der Waals surface area contributed by atoms with E-state index in [1.807, 2.05) is 26.0 Å². The second-order valence-corrected chi connectivity index (χ2v) is 7.47. The lowest BCUT2D eigenvalue weighted by Gasteiger charge is -2.05. The van der Waals surface area contributed by atoms with Crippen LogP contribution in [-0.2, 0) is 4.79 Å². The van der Waals surface area contributed by atoms with Crippen molar-refractivity contribution in [3.8, 4) is 17.0 Å². The number of carbonyl (C=O) groups excluding carboxylic acids is 1. The zero-order chi connectivity index (χ0) is 18.2. The summed E-state index contributed by atoms with van der Waals surface area (Å²) in [4.78, 5) is 12.6. The molecule has 1 saturated carbocycles. The van der Waals surface area contributed by atoms with Crippen LogP contribution in [0.5, 0.6) is 5.75 Å². The fourth-order valence-corrected chi connectivity index (χ4v) is 3.30. The van der Waals surface area contributed by atoms with Gasteiger partial charge in [0, 0.05) is 5.56 Å². The molecule has 0 saturated heterocycles. The van der Waals surface area contributed by atoms with Gasteiger partial charge in [-0.05, 0) is 52.0 Å². The Kier molecular flexibility index (Phi) is 4.75. The molecule has 1 aromatic heterocycles. The lowest BCUT2D eigenvalue weighted by atomic mass is 10.1. The molecule has 1 fully saturated rings. The molecule has 25 heavy (non-hydrogen) atoms. The maximum Gasteiger partial charge on any atom is 0.229 e. The maximum atomic E-state index is 12.6. The van der Waals surface area contributed by atoms with Crippen LogP contribution in [0.2, 0.25) is 0 Å². The van der Waals surface area contributed by atoms with Crippen molar-refractivity contribution in [2.45, 2.75) is 13.8 Å². The van der Waals surface area contributed by atoms with Gasteiger partial charge in [0.2, 0.25) is 11.7 Å². The van der Waals surface area contributed by atoms with E-state index in [9.17, 15) is 4.79 Å². The van der Waals surface area contributed by atoms with Gasteiger partial charge in [0.05, 0.1) is 13.0 Å². The van der Waals surface area contributed by atoms with Crippen LogP contribution in [0.3, 0.4) is 0 Å². The van der Waals surface area contributed by atoms with Gasteiger partial charge in [0.1, 0.15) is 10.2 Å². The molecule has 132 valence electrons. The molecule has 2 aromatic rings. The summed E-state index contributed by atoms with van der Waals surface area (Å²) in [6, 6.07) is 7.22. The van der Waals surface area contributed by atoms with Crippen LogP contribution >= 0.6 is 23.2 Å². The lowest BCUT2D eigenvalue weighted by Crippen LogP contribution is -2.17. The molecule has 8 heteroatoms. The Balaban J connectivity index is 1.77. The van der Waals surface area contributed by atoms with Crippen molar-refractivity contribution in [2.24, 2.45) is 17.3 Å². The summed E-state index contributed by atoms with van der Waals surface area (Å²) in [5, 5.41) is 10.5. The van der Waals surface area contributed by atoms with Gasteiger partial charge < -0.3 is 10.1 Å². The van der Waals surface area contributed by atoms with Gasteiger partial charge in [-0.25, -0.2) is 4.63 Å². The van der Waals surface area contributed by atoms with Crippen LogP contribution < -0.4 is 10.1 Å². The third-order valence-electron chi connectivity index (χ3n) is 4.59. The minimum atomic E-state index is -0.250. The quantitative estimate of drug-likeness (QED) is 0.836. The zero-order valence-corrected chi connectivity index (χ0v) is 15.4. The number of aromatic nitrogens is 2. The summed E-state index contributed by atoms with van der Waals surface area (Å²) in [6.07, 6.45) is 1.69. The smallest absolute Gasteiger partial charge is 0.229 e. The Hall–Kier alpha value is -2.05. The van der Waals surface area contributed by atoms with Crippen molar-refractivity contribution >= 4 is 34.9 Å². The molecular formula is C17H17Cl2N3O3. The molecule has 0 radical (unpaired) electrons. The van der Waals surface area contributed by atoms with E-state index < -0.39 is 0 Å². The third kappa shape index (κ3) is 3.50. The first-order valence-electron chi connectivity index (χ1n) is 7.65. The number of hydrogen-bond donors (Lipinski definition) is 1. The van der Waals surface area contributed by atoms with Gasteiger partial charge >= 0.3 is 0 Å². The van der Waals surface area contributed by atoms with Crippen molar-refractivity contribution in [3.63, 3.8) is 0 Å². The second-order valence-electron chi connectivity index (χ2n) is 6.46. The van der Waals surface area contributed by atoms with Crippen LogP contribution in [0.1, 0.15) is 13.8 Å². The SMILES string of the molecule is COc1ccc(-c2nonc2NC(=O)[C@H]2[C@@H](C=C(Cl)Cl)C2(C)C)cc1. The molecule has 1 N–H and O–H groups in total.